The van der Waals surface area contributed by atoms with E-state index in [4.69, 9.17) is 14.3 Å². The molecule has 0 unspecified atom stereocenters. The van der Waals surface area contributed by atoms with Gasteiger partial charge in [0.2, 0.25) is 23.6 Å². The summed E-state index contributed by atoms with van der Waals surface area (Å²) in [6, 6.07) is 13.9. The molecule has 77 heavy (non-hydrogen) atoms. The number of methoxy groups -OCH3 is 2. The second kappa shape index (κ2) is 32.5. The summed E-state index contributed by atoms with van der Waals surface area (Å²) < 4.78 is 12.2. The molecular formula is C60H91N7O9S. The average molecular weight is 1090 g/mol. The number of thiazole rings is 1. The third kappa shape index (κ3) is 18.1. The van der Waals surface area contributed by atoms with Gasteiger partial charge in [0.05, 0.1) is 60.4 Å². The van der Waals surface area contributed by atoms with Crippen molar-refractivity contribution in [1.82, 2.24) is 35.4 Å². The Morgan fingerprint density at radius 1 is 0.779 bits per heavy atom. The number of hydrogen-bond donors (Lipinski definition) is 2. The van der Waals surface area contributed by atoms with E-state index in [-0.39, 0.29) is 47.9 Å². The van der Waals surface area contributed by atoms with Crippen LogP contribution in [0, 0.1) is 17.8 Å². The molecule has 1 aromatic heterocycles. The zero-order chi connectivity index (χ0) is 56.8. The minimum atomic E-state index is -0.856. The van der Waals surface area contributed by atoms with Gasteiger partial charge in [-0.3, -0.25) is 38.5 Å². The Bertz CT molecular complexity index is 2300. The first-order valence-electron chi connectivity index (χ1n) is 27.9. The quantitative estimate of drug-likeness (QED) is 0.0322. The molecule has 2 aromatic carbocycles. The van der Waals surface area contributed by atoms with Gasteiger partial charge in [0, 0.05) is 39.9 Å². The highest BCUT2D eigenvalue weighted by atomic mass is 32.1. The molecular weight excluding hydrogens is 995 g/mol. The van der Waals surface area contributed by atoms with Crippen LogP contribution in [0.4, 0.5) is 0 Å². The normalized spacial score (nSPS) is 16.0. The van der Waals surface area contributed by atoms with Crippen LogP contribution in [0.3, 0.4) is 0 Å². The average Bonchev–Trinajstić information content (AvgIpc) is 4.06. The fourth-order valence-corrected chi connectivity index (χ4v) is 11.3. The summed E-state index contributed by atoms with van der Waals surface area (Å²) in [4.78, 5) is 98.0. The predicted molar refractivity (Wildman–Crippen MR) is 304 cm³/mol. The van der Waals surface area contributed by atoms with E-state index < -0.39 is 54.1 Å². The van der Waals surface area contributed by atoms with Crippen LogP contribution in [0.2, 0.25) is 0 Å². The van der Waals surface area contributed by atoms with Gasteiger partial charge in [0.25, 0.3) is 11.8 Å². The summed E-state index contributed by atoms with van der Waals surface area (Å²) in [5.74, 6) is -2.74. The molecule has 0 radical (unpaired) electrons. The zero-order valence-corrected chi connectivity index (χ0v) is 49.1. The first-order valence-corrected chi connectivity index (χ1v) is 28.8. The van der Waals surface area contributed by atoms with Gasteiger partial charge in [-0.05, 0) is 75.7 Å². The Hall–Kier alpha value is -5.33. The monoisotopic (exact) mass is 1090 g/mol. The van der Waals surface area contributed by atoms with Gasteiger partial charge >= 0.3 is 0 Å². The molecule has 3 aromatic rings. The largest absolute Gasteiger partial charge is 0.379 e. The van der Waals surface area contributed by atoms with E-state index in [0.717, 1.165) is 73.4 Å². The molecule has 17 heteroatoms. The van der Waals surface area contributed by atoms with Gasteiger partial charge in [-0.25, -0.2) is 4.98 Å². The van der Waals surface area contributed by atoms with E-state index in [1.54, 1.807) is 68.6 Å². The van der Waals surface area contributed by atoms with Crippen LogP contribution >= 0.6 is 11.3 Å². The summed E-state index contributed by atoms with van der Waals surface area (Å²) in [5, 5.41) is 9.93. The first kappa shape index (κ1) is 64.2. The van der Waals surface area contributed by atoms with E-state index in [9.17, 15) is 28.8 Å². The van der Waals surface area contributed by atoms with Crippen LogP contribution in [0.25, 0.3) is 0 Å². The summed E-state index contributed by atoms with van der Waals surface area (Å²) >= 11 is 1.49. The maximum atomic E-state index is 14.7. The number of carbonyl (C=O) groups is 6. The molecule has 1 aliphatic heterocycles. The Morgan fingerprint density at radius 2 is 1.38 bits per heavy atom. The standard InChI is InChI=1S/C60H91N7O9S/c1-14-29-48(54(75-13)43(8)55(69)62-47(57-61-34-37-77-57)38-44-30-23-22-24-31-44)65(10)50(68)39-49(74-12)53(42(7)15-2)66(11)60(73)51(40(3)4)63-56(70)52(41(5)6)64(9)35-27-20-18-16-17-19-21-28-36-76-67-58(71)45-32-25-26-33-46(45)59(67)72/h22-26,30-34,37,40,42-43,47-49,51-54H,5,14-21,27-29,35-36,38-39H2,1-4,6-13H3,(H,62,69)(H,63,70)/t42-,43+,47-,48-,49+,51-,52-,53-,54+/m0/s1. The van der Waals surface area contributed by atoms with E-state index in [1.165, 1.54) is 11.3 Å². The number of nitrogens with zero attached hydrogens (tertiary/aromatic N) is 5. The van der Waals surface area contributed by atoms with Gasteiger partial charge in [-0.15, -0.1) is 16.4 Å². The second-order valence-corrected chi connectivity index (χ2v) is 22.3. The number of imide groups is 1. The van der Waals surface area contributed by atoms with Crippen LogP contribution in [-0.4, -0.2) is 145 Å². The van der Waals surface area contributed by atoms with Crippen LogP contribution in [0.15, 0.2) is 78.3 Å². The van der Waals surface area contributed by atoms with Gasteiger partial charge < -0.3 is 29.9 Å². The lowest BCUT2D eigenvalue weighted by molar-refractivity contribution is -0.148. The lowest BCUT2D eigenvalue weighted by atomic mass is 9.89. The lowest BCUT2D eigenvalue weighted by Crippen LogP contribution is -2.59. The van der Waals surface area contributed by atoms with Crippen LogP contribution in [0.1, 0.15) is 163 Å². The fraction of sp³-hybridized carbons (Fsp3) is 0.617. The number of fused-ring (bicyclic) bond motifs is 1. The van der Waals surface area contributed by atoms with Crippen molar-refractivity contribution in [2.24, 2.45) is 17.8 Å². The molecule has 0 bridgehead atoms. The van der Waals surface area contributed by atoms with Gasteiger partial charge in [0.1, 0.15) is 17.1 Å². The Balaban J connectivity index is 1.31. The van der Waals surface area contributed by atoms with Crippen molar-refractivity contribution in [2.75, 3.05) is 48.5 Å². The molecule has 2 N–H and O–H groups in total. The predicted octanol–water partition coefficient (Wildman–Crippen LogP) is 9.47. The number of amides is 6. The van der Waals surface area contributed by atoms with Gasteiger partial charge in [0.15, 0.2) is 0 Å². The molecule has 2 heterocycles. The van der Waals surface area contributed by atoms with Crippen molar-refractivity contribution in [2.45, 2.75) is 174 Å². The molecule has 426 valence electrons. The first-order chi connectivity index (χ1) is 36.8. The molecule has 6 amide bonds. The van der Waals surface area contributed by atoms with E-state index >= 15 is 0 Å². The number of benzene rings is 2. The maximum absolute atomic E-state index is 14.7. The minimum absolute atomic E-state index is 0.0277. The topological polar surface area (TPSA) is 180 Å². The van der Waals surface area contributed by atoms with Gasteiger partial charge in [-0.2, -0.15) is 0 Å². The van der Waals surface area contributed by atoms with E-state index in [1.807, 2.05) is 96.1 Å². The fourth-order valence-electron chi connectivity index (χ4n) is 10.6. The number of nitrogens with one attached hydrogen (secondary N) is 2. The number of rotatable bonds is 36. The van der Waals surface area contributed by atoms with Crippen molar-refractivity contribution in [3.05, 3.63) is 100 Å². The van der Waals surface area contributed by atoms with E-state index in [0.29, 0.717) is 49.1 Å². The summed E-state index contributed by atoms with van der Waals surface area (Å²) in [5.41, 5.74) is 2.50. The Kier molecular flexibility index (Phi) is 27.1. The molecule has 4 rings (SSSR count). The Labute approximate surface area is 464 Å². The SMILES string of the molecule is C=C(C)[C@@H](C(=O)N[C@H](C(=O)N(C)[C@@H]([C@@H](C)CC)[C@@H](CC(=O)N(C)[C@@H](CCC)[C@H](OC)[C@@H](C)C(=O)N[C@@H](Cc1ccccc1)c1nccs1)OC)C(C)C)N(C)CCCCCCCCCCON1C(=O)c2ccccc2C1=O. The molecule has 0 aliphatic carbocycles. The zero-order valence-electron chi connectivity index (χ0n) is 48.3. The molecule has 16 nitrogen and oxygen atoms in total. The number of unbranched alkanes of at least 4 members (excludes halogenated alkanes) is 7. The van der Waals surface area contributed by atoms with Crippen LogP contribution < -0.4 is 10.6 Å². The highest BCUT2D eigenvalue weighted by molar-refractivity contribution is 7.09. The third-order valence-electron chi connectivity index (χ3n) is 15.2. The summed E-state index contributed by atoms with van der Waals surface area (Å²) in [7, 11) is 8.54. The summed E-state index contributed by atoms with van der Waals surface area (Å²) in [6.07, 6.45) is 10.8. The smallest absolute Gasteiger partial charge is 0.285 e. The van der Waals surface area contributed by atoms with Crippen molar-refractivity contribution in [3.8, 4) is 0 Å². The number of carbonyl (C=O) groups excluding carboxylic acids is 6. The number of likely N-dealkylation sites (N-methyl/N-ethyl adjacent to an activating group) is 3. The molecule has 9 atom stereocenters. The molecule has 1 aliphatic rings. The number of hydrogen-bond acceptors (Lipinski definition) is 12. The second-order valence-electron chi connectivity index (χ2n) is 21.3. The van der Waals surface area contributed by atoms with Crippen molar-refractivity contribution < 1.29 is 43.1 Å². The molecule has 0 saturated carbocycles. The minimum Gasteiger partial charge on any atom is -0.379 e. The van der Waals surface area contributed by atoms with Crippen molar-refractivity contribution in [3.63, 3.8) is 0 Å². The van der Waals surface area contributed by atoms with E-state index in [2.05, 4.69) is 22.2 Å². The lowest BCUT2D eigenvalue weighted by Gasteiger charge is -2.41. The highest BCUT2D eigenvalue weighted by Crippen LogP contribution is 2.29. The summed E-state index contributed by atoms with van der Waals surface area (Å²) in [6.45, 7) is 18.8. The van der Waals surface area contributed by atoms with Crippen molar-refractivity contribution >= 4 is 46.8 Å². The number of hydroxylamine groups is 2. The van der Waals surface area contributed by atoms with Gasteiger partial charge in [-0.1, -0.05) is 148 Å². The number of ether oxygens (including phenoxy) is 2. The molecule has 0 fully saturated rings. The molecule has 0 spiro atoms. The van der Waals surface area contributed by atoms with Crippen LogP contribution in [0.5, 0.6) is 0 Å². The van der Waals surface area contributed by atoms with Crippen molar-refractivity contribution in [1.29, 1.82) is 0 Å². The number of aromatic nitrogens is 1. The molecule has 0 saturated heterocycles. The third-order valence-corrected chi connectivity index (χ3v) is 16.1. The van der Waals surface area contributed by atoms with Crippen LogP contribution in [-0.2, 0) is 39.9 Å². The highest BCUT2D eigenvalue weighted by Gasteiger charge is 2.42. The Morgan fingerprint density at radius 3 is 1.91 bits per heavy atom. The maximum Gasteiger partial charge on any atom is 0.285 e.